The van der Waals surface area contributed by atoms with Gasteiger partial charge in [0.1, 0.15) is 0 Å². The highest BCUT2D eigenvalue weighted by Crippen LogP contribution is 2.65. The van der Waals surface area contributed by atoms with Gasteiger partial charge in [0, 0.05) is 12.1 Å². The lowest BCUT2D eigenvalue weighted by atomic mass is 9.69. The van der Waals surface area contributed by atoms with Crippen molar-refractivity contribution in [2.75, 3.05) is 0 Å². The lowest BCUT2D eigenvalue weighted by Gasteiger charge is -2.42. The molecular weight excluding hydrogens is 230 g/mol. The molecule has 0 aliphatic heterocycles. The highest BCUT2D eigenvalue weighted by atomic mass is 15.0. The predicted octanol–water partition coefficient (Wildman–Crippen LogP) is 4.76. The predicted molar refractivity (Wildman–Crippen MR) is 82.2 cm³/mol. The zero-order valence-corrected chi connectivity index (χ0v) is 13.5. The Labute approximate surface area is 119 Å². The van der Waals surface area contributed by atoms with Crippen molar-refractivity contribution < 1.29 is 0 Å². The zero-order valence-electron chi connectivity index (χ0n) is 13.5. The van der Waals surface area contributed by atoms with E-state index >= 15 is 0 Å². The van der Waals surface area contributed by atoms with E-state index in [4.69, 9.17) is 0 Å². The molecule has 5 atom stereocenters. The van der Waals surface area contributed by atoms with E-state index in [0.29, 0.717) is 10.8 Å². The van der Waals surface area contributed by atoms with Crippen molar-refractivity contribution in [3.63, 3.8) is 0 Å². The summed E-state index contributed by atoms with van der Waals surface area (Å²) in [5.74, 6) is 1.85. The molecule has 0 aromatic rings. The number of hydrogen-bond acceptors (Lipinski definition) is 1. The molecule has 1 nitrogen and oxygen atoms in total. The van der Waals surface area contributed by atoms with E-state index in [9.17, 15) is 0 Å². The maximum absolute atomic E-state index is 4.14. The summed E-state index contributed by atoms with van der Waals surface area (Å²) in [7, 11) is 0. The minimum atomic E-state index is 0.545. The average molecular weight is 263 g/mol. The first kappa shape index (κ1) is 13.9. The second kappa shape index (κ2) is 4.76. The van der Waals surface area contributed by atoms with E-state index in [2.05, 4.69) is 33.0 Å². The monoisotopic (exact) mass is 263 g/mol. The van der Waals surface area contributed by atoms with E-state index in [1.165, 1.54) is 51.4 Å². The first-order chi connectivity index (χ1) is 8.95. The molecule has 0 amide bonds. The van der Waals surface area contributed by atoms with Gasteiger partial charge in [-0.3, -0.25) is 0 Å². The molecule has 0 heterocycles. The van der Waals surface area contributed by atoms with Crippen LogP contribution in [0.4, 0.5) is 0 Å². The summed E-state index contributed by atoms with van der Waals surface area (Å²) in [4.78, 5) is 0. The van der Waals surface area contributed by atoms with Crippen LogP contribution in [-0.2, 0) is 0 Å². The van der Waals surface area contributed by atoms with Crippen LogP contribution < -0.4 is 5.32 Å². The minimum Gasteiger partial charge on any atom is -0.310 e. The third kappa shape index (κ3) is 2.07. The van der Waals surface area contributed by atoms with Gasteiger partial charge in [-0.15, -0.1) is 0 Å². The van der Waals surface area contributed by atoms with Gasteiger partial charge in [0.25, 0.3) is 0 Å². The van der Waals surface area contributed by atoms with Crippen LogP contribution in [0.15, 0.2) is 0 Å². The largest absolute Gasteiger partial charge is 0.310 e. The third-order valence-electron chi connectivity index (χ3n) is 7.57. The molecule has 3 fully saturated rings. The van der Waals surface area contributed by atoms with Gasteiger partial charge in [0.15, 0.2) is 0 Å². The van der Waals surface area contributed by atoms with Crippen LogP contribution in [0.2, 0.25) is 0 Å². The van der Waals surface area contributed by atoms with Crippen molar-refractivity contribution in [3.8, 4) is 0 Å². The van der Waals surface area contributed by atoms with Crippen LogP contribution in [-0.4, -0.2) is 12.1 Å². The SMILES string of the molecule is CC1CCCCCC1NC1CC2CCC1(C)C2(C)C. The smallest absolute Gasteiger partial charge is 0.0132 e. The van der Waals surface area contributed by atoms with E-state index < -0.39 is 0 Å². The van der Waals surface area contributed by atoms with Gasteiger partial charge in [0.05, 0.1) is 0 Å². The fraction of sp³-hybridized carbons (Fsp3) is 1.00. The summed E-state index contributed by atoms with van der Waals surface area (Å²) in [6.45, 7) is 10.1. The van der Waals surface area contributed by atoms with Crippen LogP contribution in [0.25, 0.3) is 0 Å². The molecule has 110 valence electrons. The minimum absolute atomic E-state index is 0.545. The highest BCUT2D eigenvalue weighted by molar-refractivity contribution is 5.13. The molecule has 19 heavy (non-hydrogen) atoms. The van der Waals surface area contributed by atoms with Crippen molar-refractivity contribution in [2.24, 2.45) is 22.7 Å². The Morgan fingerprint density at radius 1 is 0.947 bits per heavy atom. The number of nitrogens with one attached hydrogen (secondary N) is 1. The molecule has 0 radical (unpaired) electrons. The molecule has 5 unspecified atom stereocenters. The Kier molecular flexibility index (Phi) is 3.48. The molecule has 0 saturated heterocycles. The molecule has 0 aromatic heterocycles. The number of hydrogen-bond donors (Lipinski definition) is 1. The van der Waals surface area contributed by atoms with Crippen LogP contribution in [0.5, 0.6) is 0 Å². The number of rotatable bonds is 2. The van der Waals surface area contributed by atoms with Gasteiger partial charge >= 0.3 is 0 Å². The first-order valence-corrected chi connectivity index (χ1v) is 8.71. The summed E-state index contributed by atoms with van der Waals surface area (Å²) in [6.07, 6.45) is 11.6. The lowest BCUT2D eigenvalue weighted by molar-refractivity contribution is 0.109. The summed E-state index contributed by atoms with van der Waals surface area (Å²) in [6, 6.07) is 1.58. The maximum Gasteiger partial charge on any atom is 0.0132 e. The van der Waals surface area contributed by atoms with Gasteiger partial charge < -0.3 is 5.32 Å². The van der Waals surface area contributed by atoms with E-state index in [1.807, 2.05) is 0 Å². The van der Waals surface area contributed by atoms with Crippen LogP contribution in [0.1, 0.15) is 79.1 Å². The quantitative estimate of drug-likeness (QED) is 0.708. The molecule has 2 bridgehead atoms. The Hall–Kier alpha value is -0.0400. The molecule has 1 heteroatoms. The van der Waals surface area contributed by atoms with Gasteiger partial charge in [-0.25, -0.2) is 0 Å². The van der Waals surface area contributed by atoms with E-state index in [0.717, 1.165) is 23.9 Å². The molecule has 1 N–H and O–H groups in total. The van der Waals surface area contributed by atoms with Crippen molar-refractivity contribution in [3.05, 3.63) is 0 Å². The second-order valence-corrected chi connectivity index (χ2v) is 8.55. The van der Waals surface area contributed by atoms with Gasteiger partial charge in [0.2, 0.25) is 0 Å². The van der Waals surface area contributed by atoms with Crippen molar-refractivity contribution in [1.82, 2.24) is 5.32 Å². The molecular formula is C18H33N. The van der Waals surface area contributed by atoms with Crippen molar-refractivity contribution in [2.45, 2.75) is 91.1 Å². The lowest BCUT2D eigenvalue weighted by Crippen LogP contribution is -2.50. The fourth-order valence-electron chi connectivity index (χ4n) is 5.45. The van der Waals surface area contributed by atoms with Gasteiger partial charge in [-0.2, -0.15) is 0 Å². The standard InChI is InChI=1S/C18H33N/c1-13-8-6-5-7-9-15(13)19-16-12-14-10-11-18(16,4)17(14,2)3/h13-16,19H,5-12H2,1-4H3. The zero-order chi connectivity index (χ0) is 13.7. The molecule has 3 aliphatic carbocycles. The van der Waals surface area contributed by atoms with E-state index in [-0.39, 0.29) is 0 Å². The summed E-state index contributed by atoms with van der Waals surface area (Å²) in [5, 5.41) is 4.14. The van der Waals surface area contributed by atoms with Crippen molar-refractivity contribution >= 4 is 0 Å². The van der Waals surface area contributed by atoms with Gasteiger partial charge in [-0.1, -0.05) is 47.0 Å². The normalized spacial score (nSPS) is 49.3. The van der Waals surface area contributed by atoms with E-state index in [1.54, 1.807) is 0 Å². The first-order valence-electron chi connectivity index (χ1n) is 8.71. The molecule has 0 aromatic carbocycles. The highest BCUT2D eigenvalue weighted by Gasteiger charge is 2.61. The van der Waals surface area contributed by atoms with Crippen LogP contribution in [0, 0.1) is 22.7 Å². The molecule has 0 spiro atoms. The molecule has 3 rings (SSSR count). The topological polar surface area (TPSA) is 12.0 Å². The van der Waals surface area contributed by atoms with Crippen molar-refractivity contribution in [1.29, 1.82) is 0 Å². The summed E-state index contributed by atoms with van der Waals surface area (Å²) < 4.78 is 0. The second-order valence-electron chi connectivity index (χ2n) is 8.55. The molecule has 3 saturated carbocycles. The Morgan fingerprint density at radius 3 is 2.32 bits per heavy atom. The summed E-state index contributed by atoms with van der Waals surface area (Å²) in [5.41, 5.74) is 1.10. The Bertz CT molecular complexity index is 335. The Balaban J connectivity index is 1.71. The average Bonchev–Trinajstić information content (AvgIpc) is 2.59. The maximum atomic E-state index is 4.14. The third-order valence-corrected chi connectivity index (χ3v) is 7.57. The number of fused-ring (bicyclic) bond motifs is 2. The van der Waals surface area contributed by atoms with Gasteiger partial charge in [-0.05, 0) is 54.8 Å². The Morgan fingerprint density at radius 2 is 1.68 bits per heavy atom. The molecule has 3 aliphatic rings. The van der Waals surface area contributed by atoms with Crippen LogP contribution >= 0.6 is 0 Å². The fourth-order valence-corrected chi connectivity index (χ4v) is 5.45. The van der Waals surface area contributed by atoms with Crippen LogP contribution in [0.3, 0.4) is 0 Å². The summed E-state index contributed by atoms with van der Waals surface area (Å²) >= 11 is 0.